The zero-order valence-corrected chi connectivity index (χ0v) is 22.3. The maximum absolute atomic E-state index is 12.9. The molecule has 0 fully saturated rings. The third-order valence-electron chi connectivity index (χ3n) is 5.91. The van der Waals surface area contributed by atoms with Crippen LogP contribution in [0.5, 0.6) is 11.5 Å². The number of benzene rings is 4. The summed E-state index contributed by atoms with van der Waals surface area (Å²) in [5, 5.41) is 14.8. The number of carbonyl (C=O) groups is 1. The first-order valence-electron chi connectivity index (χ1n) is 12.1. The average Bonchev–Trinajstić information content (AvgIpc) is 2.91. The summed E-state index contributed by atoms with van der Waals surface area (Å²) in [6, 6.07) is 27.5. The van der Waals surface area contributed by atoms with Crippen molar-refractivity contribution < 1.29 is 14.3 Å². The Balaban J connectivity index is 1.60. The molecule has 6 heteroatoms. The minimum absolute atomic E-state index is 0.00956. The standard InChI is InChI=1S/C31H27BrN2O3/c1-3-22-10-6-8-15-28(22)34-31(35)25(19-33)16-21-17-27(32)30(29(18-21)36-4-2)37-20-24-13-9-12-23-11-5-7-14-26(23)24/h5-18H,3-4,20H2,1-2H3,(H,34,35)/b25-16+. The van der Waals surface area contributed by atoms with Gasteiger partial charge in [-0.15, -0.1) is 0 Å². The molecule has 0 aromatic heterocycles. The van der Waals surface area contributed by atoms with Crippen LogP contribution in [0.25, 0.3) is 16.8 Å². The van der Waals surface area contributed by atoms with E-state index in [2.05, 4.69) is 39.4 Å². The average molecular weight is 555 g/mol. The molecule has 0 heterocycles. The van der Waals surface area contributed by atoms with Crippen LogP contribution in [-0.2, 0) is 17.8 Å². The monoisotopic (exact) mass is 554 g/mol. The molecule has 0 unspecified atom stereocenters. The lowest BCUT2D eigenvalue weighted by atomic mass is 10.1. The van der Waals surface area contributed by atoms with Crippen LogP contribution in [0.1, 0.15) is 30.5 Å². The normalized spacial score (nSPS) is 11.1. The van der Waals surface area contributed by atoms with E-state index in [1.165, 1.54) is 0 Å². The van der Waals surface area contributed by atoms with E-state index < -0.39 is 5.91 Å². The molecule has 0 aliphatic rings. The molecule has 0 atom stereocenters. The Labute approximate surface area is 225 Å². The predicted octanol–water partition coefficient (Wildman–Crippen LogP) is 7.69. The maximum atomic E-state index is 12.9. The number of aryl methyl sites for hydroxylation is 1. The first-order chi connectivity index (χ1) is 18.0. The molecule has 186 valence electrons. The Morgan fingerprint density at radius 1 is 0.973 bits per heavy atom. The highest BCUT2D eigenvalue weighted by Crippen LogP contribution is 2.38. The molecular weight excluding hydrogens is 528 g/mol. The second-order valence-electron chi connectivity index (χ2n) is 8.32. The topological polar surface area (TPSA) is 71.3 Å². The number of rotatable bonds is 9. The van der Waals surface area contributed by atoms with Crippen molar-refractivity contribution in [1.82, 2.24) is 0 Å². The quantitative estimate of drug-likeness (QED) is 0.170. The lowest BCUT2D eigenvalue weighted by Gasteiger charge is -2.16. The molecule has 1 amide bonds. The number of para-hydroxylation sites is 1. The lowest BCUT2D eigenvalue weighted by molar-refractivity contribution is -0.112. The number of nitrogens with one attached hydrogen (secondary N) is 1. The molecule has 0 saturated carbocycles. The smallest absolute Gasteiger partial charge is 0.266 e. The van der Waals surface area contributed by atoms with E-state index in [0.717, 1.165) is 28.3 Å². The molecule has 0 spiro atoms. The van der Waals surface area contributed by atoms with Gasteiger partial charge in [-0.1, -0.05) is 67.6 Å². The van der Waals surface area contributed by atoms with E-state index in [-0.39, 0.29) is 5.57 Å². The van der Waals surface area contributed by atoms with Gasteiger partial charge in [0.15, 0.2) is 11.5 Å². The van der Waals surface area contributed by atoms with Gasteiger partial charge in [0, 0.05) is 5.69 Å². The van der Waals surface area contributed by atoms with E-state index in [0.29, 0.717) is 40.4 Å². The van der Waals surface area contributed by atoms with Gasteiger partial charge in [0.1, 0.15) is 18.2 Å². The number of fused-ring (bicyclic) bond motifs is 1. The van der Waals surface area contributed by atoms with Crippen LogP contribution in [0.2, 0.25) is 0 Å². The summed E-state index contributed by atoms with van der Waals surface area (Å²) < 4.78 is 12.8. The highest BCUT2D eigenvalue weighted by Gasteiger charge is 2.16. The molecule has 0 aliphatic heterocycles. The predicted molar refractivity (Wildman–Crippen MR) is 152 cm³/mol. The highest BCUT2D eigenvalue weighted by atomic mass is 79.9. The zero-order valence-electron chi connectivity index (χ0n) is 20.8. The Kier molecular flexibility index (Phi) is 8.60. The number of hydrogen-bond acceptors (Lipinski definition) is 4. The van der Waals surface area contributed by atoms with Crippen LogP contribution < -0.4 is 14.8 Å². The molecule has 4 aromatic carbocycles. The summed E-state index contributed by atoms with van der Waals surface area (Å²) >= 11 is 3.60. The van der Waals surface area contributed by atoms with Crippen molar-refractivity contribution in [2.75, 3.05) is 11.9 Å². The van der Waals surface area contributed by atoms with E-state index in [1.54, 1.807) is 12.1 Å². The minimum Gasteiger partial charge on any atom is -0.490 e. The van der Waals surface area contributed by atoms with E-state index in [4.69, 9.17) is 9.47 Å². The van der Waals surface area contributed by atoms with E-state index in [1.807, 2.05) is 74.5 Å². The second kappa shape index (κ2) is 12.2. The van der Waals surface area contributed by atoms with Gasteiger partial charge in [-0.2, -0.15) is 5.26 Å². The van der Waals surface area contributed by atoms with Gasteiger partial charge in [-0.05, 0) is 81.0 Å². The van der Waals surface area contributed by atoms with Crippen LogP contribution in [0, 0.1) is 11.3 Å². The summed E-state index contributed by atoms with van der Waals surface area (Å²) in [6.07, 6.45) is 2.32. The Bertz CT molecular complexity index is 1500. The van der Waals surface area contributed by atoms with Gasteiger partial charge in [0.05, 0.1) is 11.1 Å². The van der Waals surface area contributed by atoms with Crippen LogP contribution in [0.4, 0.5) is 5.69 Å². The molecule has 1 N–H and O–H groups in total. The Morgan fingerprint density at radius 2 is 1.70 bits per heavy atom. The van der Waals surface area contributed by atoms with Crippen molar-refractivity contribution in [2.24, 2.45) is 0 Å². The number of halogens is 1. The molecule has 0 saturated heterocycles. The van der Waals surface area contributed by atoms with Crippen molar-refractivity contribution in [1.29, 1.82) is 5.26 Å². The van der Waals surface area contributed by atoms with Crippen LogP contribution >= 0.6 is 15.9 Å². The second-order valence-corrected chi connectivity index (χ2v) is 9.18. The number of nitriles is 1. The lowest BCUT2D eigenvalue weighted by Crippen LogP contribution is -2.14. The number of anilines is 1. The molecule has 0 bridgehead atoms. The van der Waals surface area contributed by atoms with Crippen molar-refractivity contribution in [3.05, 3.63) is 106 Å². The molecule has 5 nitrogen and oxygen atoms in total. The van der Waals surface area contributed by atoms with Gasteiger partial charge in [0.25, 0.3) is 5.91 Å². The zero-order chi connectivity index (χ0) is 26.2. The molecule has 37 heavy (non-hydrogen) atoms. The maximum Gasteiger partial charge on any atom is 0.266 e. The fraction of sp³-hybridized carbons (Fsp3) is 0.161. The van der Waals surface area contributed by atoms with E-state index >= 15 is 0 Å². The number of amides is 1. The third-order valence-corrected chi connectivity index (χ3v) is 6.50. The van der Waals surface area contributed by atoms with Crippen LogP contribution in [0.15, 0.2) is 88.9 Å². The third kappa shape index (κ3) is 6.19. The first kappa shape index (κ1) is 26.0. The summed E-state index contributed by atoms with van der Waals surface area (Å²) in [4.78, 5) is 12.9. The summed E-state index contributed by atoms with van der Waals surface area (Å²) in [5.74, 6) is 0.623. The number of nitrogens with zero attached hydrogens (tertiary/aromatic N) is 1. The van der Waals surface area contributed by atoms with Gasteiger partial charge in [-0.25, -0.2) is 0 Å². The first-order valence-corrected chi connectivity index (χ1v) is 12.9. The Morgan fingerprint density at radius 3 is 2.49 bits per heavy atom. The summed E-state index contributed by atoms with van der Waals surface area (Å²) in [5.41, 5.74) is 3.40. The largest absolute Gasteiger partial charge is 0.490 e. The van der Waals surface area contributed by atoms with Crippen molar-refractivity contribution >= 4 is 44.4 Å². The highest BCUT2D eigenvalue weighted by molar-refractivity contribution is 9.10. The van der Waals surface area contributed by atoms with Crippen molar-refractivity contribution in [2.45, 2.75) is 26.9 Å². The number of ether oxygens (including phenoxy) is 2. The molecule has 4 rings (SSSR count). The fourth-order valence-corrected chi connectivity index (χ4v) is 4.67. The van der Waals surface area contributed by atoms with Gasteiger partial charge >= 0.3 is 0 Å². The molecule has 4 aromatic rings. The number of carbonyl (C=O) groups excluding carboxylic acids is 1. The van der Waals surface area contributed by atoms with Crippen LogP contribution in [0.3, 0.4) is 0 Å². The fourth-order valence-electron chi connectivity index (χ4n) is 4.10. The summed E-state index contributed by atoms with van der Waals surface area (Å²) in [6.45, 7) is 4.70. The number of hydrogen-bond donors (Lipinski definition) is 1. The van der Waals surface area contributed by atoms with E-state index in [9.17, 15) is 10.1 Å². The molecule has 0 radical (unpaired) electrons. The van der Waals surface area contributed by atoms with Crippen molar-refractivity contribution in [3.63, 3.8) is 0 Å². The minimum atomic E-state index is -0.464. The van der Waals surface area contributed by atoms with Crippen molar-refractivity contribution in [3.8, 4) is 17.6 Å². The molecule has 0 aliphatic carbocycles. The SMILES string of the molecule is CCOc1cc(/C=C(\C#N)C(=O)Nc2ccccc2CC)cc(Br)c1OCc1cccc2ccccc12. The van der Waals surface area contributed by atoms with Gasteiger partial charge < -0.3 is 14.8 Å². The van der Waals surface area contributed by atoms with Gasteiger partial charge in [0.2, 0.25) is 0 Å². The Hall–Kier alpha value is -4.08. The van der Waals surface area contributed by atoms with Gasteiger partial charge in [-0.3, -0.25) is 4.79 Å². The summed E-state index contributed by atoms with van der Waals surface area (Å²) in [7, 11) is 0. The molecular formula is C31H27BrN2O3. The van der Waals surface area contributed by atoms with Crippen LogP contribution in [-0.4, -0.2) is 12.5 Å².